The third kappa shape index (κ3) is 3.58. The van der Waals surface area contributed by atoms with Crippen LogP contribution in [-0.2, 0) is 6.54 Å². The predicted molar refractivity (Wildman–Crippen MR) is 89.7 cm³/mol. The van der Waals surface area contributed by atoms with Gasteiger partial charge in [-0.3, -0.25) is 0 Å². The summed E-state index contributed by atoms with van der Waals surface area (Å²) >= 11 is 0. The van der Waals surface area contributed by atoms with Gasteiger partial charge < -0.3 is 15.5 Å². The van der Waals surface area contributed by atoms with Crippen molar-refractivity contribution in [1.82, 2.24) is 4.90 Å². The molecule has 2 saturated heterocycles. The van der Waals surface area contributed by atoms with Crippen molar-refractivity contribution in [3.8, 4) is 0 Å². The summed E-state index contributed by atoms with van der Waals surface area (Å²) in [6.45, 7) is 9.17. The van der Waals surface area contributed by atoms with Crippen LogP contribution in [0.15, 0.2) is 18.2 Å². The number of nitrogens with two attached hydrogens (primary N) is 1. The van der Waals surface area contributed by atoms with E-state index < -0.39 is 0 Å². The minimum absolute atomic E-state index is 0.642. The summed E-state index contributed by atoms with van der Waals surface area (Å²) in [5.41, 5.74) is 9.91. The van der Waals surface area contributed by atoms with Crippen LogP contribution in [0.4, 0.5) is 5.69 Å². The Kier molecular flexibility index (Phi) is 4.81. The molecular weight excluding hydrogens is 258 g/mol. The van der Waals surface area contributed by atoms with Gasteiger partial charge in [0.25, 0.3) is 0 Å². The van der Waals surface area contributed by atoms with Gasteiger partial charge in [0.1, 0.15) is 0 Å². The summed E-state index contributed by atoms with van der Waals surface area (Å²) in [6, 6.07) is 6.68. The summed E-state index contributed by atoms with van der Waals surface area (Å²) in [7, 11) is 0. The molecule has 0 atom stereocenters. The maximum absolute atomic E-state index is 5.91. The molecule has 0 radical (unpaired) electrons. The molecule has 3 heteroatoms. The molecule has 3 rings (SSSR count). The van der Waals surface area contributed by atoms with Crippen molar-refractivity contribution in [2.75, 3.05) is 37.6 Å². The summed E-state index contributed by atoms with van der Waals surface area (Å²) in [4.78, 5) is 5.22. The molecule has 1 aromatic rings. The Hall–Kier alpha value is -1.06. The van der Waals surface area contributed by atoms with Crippen molar-refractivity contribution in [2.45, 2.75) is 39.2 Å². The van der Waals surface area contributed by atoms with Crippen molar-refractivity contribution < 1.29 is 0 Å². The number of anilines is 1. The maximum Gasteiger partial charge on any atom is 0.0414 e. The lowest BCUT2D eigenvalue weighted by atomic mass is 9.95. The van der Waals surface area contributed by atoms with E-state index in [0.29, 0.717) is 6.54 Å². The predicted octanol–water partition coefficient (Wildman–Crippen LogP) is 2.77. The van der Waals surface area contributed by atoms with E-state index in [1.807, 2.05) is 0 Å². The zero-order chi connectivity index (χ0) is 14.7. The number of aryl methyl sites for hydroxylation is 1. The Labute approximate surface area is 129 Å². The number of rotatable bonds is 4. The number of hydrogen-bond donors (Lipinski definition) is 1. The quantitative estimate of drug-likeness (QED) is 0.924. The molecule has 3 nitrogen and oxygen atoms in total. The minimum Gasteiger partial charge on any atom is -0.371 e. The van der Waals surface area contributed by atoms with Crippen molar-refractivity contribution >= 4 is 5.69 Å². The van der Waals surface area contributed by atoms with Crippen molar-refractivity contribution in [3.63, 3.8) is 0 Å². The van der Waals surface area contributed by atoms with Crippen LogP contribution in [-0.4, -0.2) is 37.6 Å². The summed E-state index contributed by atoms with van der Waals surface area (Å²) < 4.78 is 0. The second-order valence-electron chi connectivity index (χ2n) is 6.77. The van der Waals surface area contributed by atoms with Crippen molar-refractivity contribution in [2.24, 2.45) is 11.7 Å². The topological polar surface area (TPSA) is 32.5 Å². The van der Waals surface area contributed by atoms with Crippen LogP contribution in [0.5, 0.6) is 0 Å². The van der Waals surface area contributed by atoms with E-state index in [0.717, 1.165) is 5.92 Å². The molecule has 2 fully saturated rings. The van der Waals surface area contributed by atoms with Gasteiger partial charge in [-0.05, 0) is 68.8 Å². The Morgan fingerprint density at radius 3 is 2.48 bits per heavy atom. The molecule has 0 aliphatic carbocycles. The zero-order valence-corrected chi connectivity index (χ0v) is 13.4. The monoisotopic (exact) mass is 287 g/mol. The van der Waals surface area contributed by atoms with Gasteiger partial charge in [-0.1, -0.05) is 12.1 Å². The SMILES string of the molecule is Cc1ccc(CN)c(N2CCC(CN3CCCC3)CC2)c1. The van der Waals surface area contributed by atoms with Gasteiger partial charge in [-0.2, -0.15) is 0 Å². The lowest BCUT2D eigenvalue weighted by Crippen LogP contribution is -2.38. The number of nitrogens with zero attached hydrogens (tertiary/aromatic N) is 2. The standard InChI is InChI=1S/C18H29N3/c1-15-4-5-17(13-19)18(12-15)21-10-6-16(7-11-21)14-20-8-2-3-9-20/h4-5,12,16H,2-3,6-11,13-14,19H2,1H3. The van der Waals surface area contributed by atoms with Gasteiger partial charge in [0.2, 0.25) is 0 Å². The number of benzene rings is 1. The zero-order valence-electron chi connectivity index (χ0n) is 13.4. The lowest BCUT2D eigenvalue weighted by Gasteiger charge is -2.36. The van der Waals surface area contributed by atoms with Crippen LogP contribution in [0.25, 0.3) is 0 Å². The number of piperidine rings is 1. The highest BCUT2D eigenvalue weighted by molar-refractivity contribution is 5.55. The molecule has 21 heavy (non-hydrogen) atoms. The van der Waals surface area contributed by atoms with Crippen LogP contribution in [0, 0.1) is 12.8 Å². The molecule has 0 unspecified atom stereocenters. The van der Waals surface area contributed by atoms with Crippen LogP contribution in [0.1, 0.15) is 36.8 Å². The Morgan fingerprint density at radius 1 is 1.10 bits per heavy atom. The average Bonchev–Trinajstić information content (AvgIpc) is 3.01. The van der Waals surface area contributed by atoms with Crippen molar-refractivity contribution in [3.05, 3.63) is 29.3 Å². The van der Waals surface area contributed by atoms with E-state index in [1.165, 1.54) is 75.2 Å². The molecule has 2 N–H and O–H groups in total. The van der Waals surface area contributed by atoms with Crippen LogP contribution in [0.2, 0.25) is 0 Å². The second kappa shape index (κ2) is 6.80. The van der Waals surface area contributed by atoms with E-state index in [2.05, 4.69) is 34.9 Å². The maximum atomic E-state index is 5.91. The van der Waals surface area contributed by atoms with Crippen LogP contribution >= 0.6 is 0 Å². The summed E-state index contributed by atoms with van der Waals surface area (Å²) in [6.07, 6.45) is 5.47. The lowest BCUT2D eigenvalue weighted by molar-refractivity contribution is 0.249. The van der Waals surface area contributed by atoms with E-state index in [1.54, 1.807) is 0 Å². The summed E-state index contributed by atoms with van der Waals surface area (Å²) in [5, 5.41) is 0. The smallest absolute Gasteiger partial charge is 0.0414 e. The fraction of sp³-hybridized carbons (Fsp3) is 0.667. The molecule has 0 spiro atoms. The molecule has 2 aliphatic heterocycles. The molecule has 1 aromatic carbocycles. The number of likely N-dealkylation sites (tertiary alicyclic amines) is 1. The third-order valence-electron chi connectivity index (χ3n) is 5.13. The van der Waals surface area contributed by atoms with E-state index in [4.69, 9.17) is 5.73 Å². The number of hydrogen-bond acceptors (Lipinski definition) is 3. The highest BCUT2D eigenvalue weighted by Crippen LogP contribution is 2.28. The van der Waals surface area contributed by atoms with Crippen LogP contribution < -0.4 is 10.6 Å². The van der Waals surface area contributed by atoms with Gasteiger partial charge in [0.05, 0.1) is 0 Å². The molecule has 2 aliphatic rings. The molecular formula is C18H29N3. The molecule has 0 saturated carbocycles. The second-order valence-corrected chi connectivity index (χ2v) is 6.77. The van der Waals surface area contributed by atoms with Crippen molar-refractivity contribution in [1.29, 1.82) is 0 Å². The van der Waals surface area contributed by atoms with Gasteiger partial charge >= 0.3 is 0 Å². The van der Waals surface area contributed by atoms with Gasteiger partial charge in [0, 0.05) is 31.9 Å². The average molecular weight is 287 g/mol. The molecule has 0 bridgehead atoms. The normalized spacial score (nSPS) is 21.1. The van der Waals surface area contributed by atoms with E-state index in [-0.39, 0.29) is 0 Å². The third-order valence-corrected chi connectivity index (χ3v) is 5.13. The van der Waals surface area contributed by atoms with Gasteiger partial charge in [0.15, 0.2) is 0 Å². The Bertz CT molecular complexity index is 458. The fourth-order valence-electron chi connectivity index (χ4n) is 3.83. The van der Waals surface area contributed by atoms with E-state index in [9.17, 15) is 0 Å². The first-order chi connectivity index (χ1) is 10.3. The molecule has 0 aromatic heterocycles. The van der Waals surface area contributed by atoms with E-state index >= 15 is 0 Å². The first-order valence-corrected chi connectivity index (χ1v) is 8.53. The first kappa shape index (κ1) is 14.9. The van der Waals surface area contributed by atoms with Crippen LogP contribution in [0.3, 0.4) is 0 Å². The highest BCUT2D eigenvalue weighted by Gasteiger charge is 2.23. The first-order valence-electron chi connectivity index (χ1n) is 8.53. The Morgan fingerprint density at radius 2 is 1.81 bits per heavy atom. The van der Waals surface area contributed by atoms with Gasteiger partial charge in [-0.25, -0.2) is 0 Å². The molecule has 116 valence electrons. The molecule has 2 heterocycles. The largest absolute Gasteiger partial charge is 0.371 e. The summed E-state index contributed by atoms with van der Waals surface area (Å²) in [5.74, 6) is 0.894. The molecule has 0 amide bonds. The minimum atomic E-state index is 0.642. The highest BCUT2D eigenvalue weighted by atomic mass is 15.2. The van der Waals surface area contributed by atoms with Gasteiger partial charge in [-0.15, -0.1) is 0 Å². The Balaban J connectivity index is 1.59. The fourth-order valence-corrected chi connectivity index (χ4v) is 3.83.